The second-order valence-electron chi connectivity index (χ2n) is 4.48. The van der Waals surface area contributed by atoms with E-state index in [4.69, 9.17) is 0 Å². The average Bonchev–Trinajstić information content (AvgIpc) is 2.73. The fourth-order valence-electron chi connectivity index (χ4n) is 1.95. The maximum atomic E-state index is 13.0. The van der Waals surface area contributed by atoms with Crippen molar-refractivity contribution in [1.29, 1.82) is 0 Å². The Hall–Kier alpha value is -1.75. The number of benzene rings is 1. The first-order chi connectivity index (χ1) is 9.15. The number of aryl methyl sites for hydroxylation is 1. The van der Waals surface area contributed by atoms with E-state index in [1.807, 2.05) is 17.8 Å². The van der Waals surface area contributed by atoms with Gasteiger partial charge >= 0.3 is 0 Å². The van der Waals surface area contributed by atoms with Crippen LogP contribution < -0.4 is 5.32 Å². The summed E-state index contributed by atoms with van der Waals surface area (Å²) in [6.07, 6.45) is 5.12. The van der Waals surface area contributed by atoms with Crippen molar-refractivity contribution >= 4 is 0 Å². The summed E-state index contributed by atoms with van der Waals surface area (Å²) in [6.45, 7) is 1.48. The number of halogens is 2. The zero-order valence-electron chi connectivity index (χ0n) is 10.9. The number of nitrogens with one attached hydrogen (secondary N) is 1. The highest BCUT2D eigenvalue weighted by Crippen LogP contribution is 2.08. The molecule has 2 rings (SSSR count). The van der Waals surface area contributed by atoms with Gasteiger partial charge in [0.05, 0.1) is 0 Å². The molecule has 102 valence electrons. The monoisotopic (exact) mass is 265 g/mol. The quantitative estimate of drug-likeness (QED) is 0.810. The van der Waals surface area contributed by atoms with Crippen molar-refractivity contribution < 1.29 is 8.78 Å². The van der Waals surface area contributed by atoms with E-state index in [1.54, 1.807) is 6.20 Å². The minimum absolute atomic E-state index is 0.525. The summed E-state index contributed by atoms with van der Waals surface area (Å²) in [5.41, 5.74) is 0.669. The van der Waals surface area contributed by atoms with Crippen LogP contribution in [-0.4, -0.2) is 22.6 Å². The summed E-state index contributed by atoms with van der Waals surface area (Å²) in [5, 5.41) is 3.24. The second-order valence-corrected chi connectivity index (χ2v) is 4.48. The first-order valence-corrected chi connectivity index (χ1v) is 6.27. The lowest BCUT2D eigenvalue weighted by Gasteiger charge is -2.05. The van der Waals surface area contributed by atoms with E-state index in [2.05, 4.69) is 10.3 Å². The van der Waals surface area contributed by atoms with Crippen molar-refractivity contribution in [2.75, 3.05) is 13.1 Å². The highest BCUT2D eigenvalue weighted by Gasteiger charge is 2.01. The normalized spacial score (nSPS) is 10.9. The van der Waals surface area contributed by atoms with Crippen molar-refractivity contribution in [3.8, 4) is 0 Å². The Balaban J connectivity index is 1.71. The second kappa shape index (κ2) is 6.43. The summed E-state index contributed by atoms with van der Waals surface area (Å²) >= 11 is 0. The highest BCUT2D eigenvalue weighted by molar-refractivity contribution is 5.18. The van der Waals surface area contributed by atoms with Gasteiger partial charge in [-0.05, 0) is 30.7 Å². The van der Waals surface area contributed by atoms with Gasteiger partial charge in [-0.2, -0.15) is 0 Å². The molecular weight excluding hydrogens is 248 g/mol. The first kappa shape index (κ1) is 13.7. The molecule has 0 unspecified atom stereocenters. The molecule has 0 radical (unpaired) electrons. The molecule has 19 heavy (non-hydrogen) atoms. The van der Waals surface area contributed by atoms with Crippen LogP contribution in [0.1, 0.15) is 11.4 Å². The van der Waals surface area contributed by atoms with E-state index in [0.29, 0.717) is 18.5 Å². The molecule has 0 spiro atoms. The Kier molecular flexibility index (Phi) is 4.63. The Morgan fingerprint density at radius 3 is 2.42 bits per heavy atom. The SMILES string of the molecule is Cn1ccnc1CCNCCc1cc(F)cc(F)c1. The molecule has 3 nitrogen and oxygen atoms in total. The largest absolute Gasteiger partial charge is 0.338 e. The lowest BCUT2D eigenvalue weighted by Crippen LogP contribution is -2.21. The average molecular weight is 265 g/mol. The van der Waals surface area contributed by atoms with Gasteiger partial charge in [0.25, 0.3) is 0 Å². The van der Waals surface area contributed by atoms with Crippen LogP contribution in [0.15, 0.2) is 30.6 Å². The molecule has 1 aromatic heterocycles. The van der Waals surface area contributed by atoms with Crippen LogP contribution in [0.2, 0.25) is 0 Å². The molecule has 5 heteroatoms. The summed E-state index contributed by atoms with van der Waals surface area (Å²) in [7, 11) is 1.96. The Labute approximate surface area is 111 Å². The third-order valence-corrected chi connectivity index (χ3v) is 2.96. The van der Waals surface area contributed by atoms with Crippen molar-refractivity contribution in [3.63, 3.8) is 0 Å². The predicted octanol–water partition coefficient (Wildman–Crippen LogP) is 2.07. The maximum absolute atomic E-state index is 13.0. The van der Waals surface area contributed by atoms with Gasteiger partial charge in [-0.25, -0.2) is 13.8 Å². The minimum Gasteiger partial charge on any atom is -0.338 e. The van der Waals surface area contributed by atoms with Crippen LogP contribution in [-0.2, 0) is 19.9 Å². The Morgan fingerprint density at radius 2 is 1.79 bits per heavy atom. The van der Waals surface area contributed by atoms with E-state index in [9.17, 15) is 8.78 Å². The highest BCUT2D eigenvalue weighted by atomic mass is 19.1. The lowest BCUT2D eigenvalue weighted by atomic mass is 10.1. The lowest BCUT2D eigenvalue weighted by molar-refractivity contribution is 0.577. The number of hydrogen-bond donors (Lipinski definition) is 1. The molecule has 0 aliphatic rings. The fourth-order valence-corrected chi connectivity index (χ4v) is 1.95. The maximum Gasteiger partial charge on any atom is 0.126 e. The molecule has 0 atom stereocenters. The Bertz CT molecular complexity index is 517. The van der Waals surface area contributed by atoms with Crippen LogP contribution in [0.4, 0.5) is 8.78 Å². The topological polar surface area (TPSA) is 29.9 Å². The minimum atomic E-state index is -0.525. The van der Waals surface area contributed by atoms with Crippen LogP contribution in [0, 0.1) is 11.6 Å². The van der Waals surface area contributed by atoms with Crippen molar-refractivity contribution in [1.82, 2.24) is 14.9 Å². The molecule has 0 amide bonds. The molecule has 0 saturated heterocycles. The van der Waals surface area contributed by atoms with Crippen LogP contribution in [0.3, 0.4) is 0 Å². The molecule has 0 aliphatic heterocycles. The number of rotatable bonds is 6. The Morgan fingerprint density at radius 1 is 1.11 bits per heavy atom. The van der Waals surface area contributed by atoms with E-state index < -0.39 is 11.6 Å². The van der Waals surface area contributed by atoms with Crippen LogP contribution in [0.5, 0.6) is 0 Å². The van der Waals surface area contributed by atoms with Gasteiger partial charge in [0, 0.05) is 38.5 Å². The van der Waals surface area contributed by atoms with Gasteiger partial charge in [0.15, 0.2) is 0 Å². The number of imidazole rings is 1. The smallest absolute Gasteiger partial charge is 0.126 e. The summed E-state index contributed by atoms with van der Waals surface area (Å²) in [4.78, 5) is 4.22. The molecule has 2 aromatic rings. The number of aromatic nitrogens is 2. The third-order valence-electron chi connectivity index (χ3n) is 2.96. The van der Waals surface area contributed by atoms with Crippen molar-refractivity contribution in [2.24, 2.45) is 7.05 Å². The van der Waals surface area contributed by atoms with Gasteiger partial charge in [0.2, 0.25) is 0 Å². The molecular formula is C14H17F2N3. The molecule has 1 aromatic carbocycles. The summed E-state index contributed by atoms with van der Waals surface area (Å²) < 4.78 is 27.9. The van der Waals surface area contributed by atoms with E-state index in [-0.39, 0.29) is 0 Å². The fraction of sp³-hybridized carbons (Fsp3) is 0.357. The third kappa shape index (κ3) is 4.13. The molecule has 0 aliphatic carbocycles. The van der Waals surface area contributed by atoms with Gasteiger partial charge in [-0.1, -0.05) is 0 Å². The van der Waals surface area contributed by atoms with Crippen LogP contribution in [0.25, 0.3) is 0 Å². The molecule has 0 saturated carbocycles. The zero-order valence-corrected chi connectivity index (χ0v) is 10.9. The molecule has 1 N–H and O–H groups in total. The first-order valence-electron chi connectivity index (χ1n) is 6.27. The van der Waals surface area contributed by atoms with Gasteiger partial charge in [-0.15, -0.1) is 0 Å². The number of nitrogens with zero attached hydrogens (tertiary/aromatic N) is 2. The van der Waals surface area contributed by atoms with E-state index in [0.717, 1.165) is 24.9 Å². The summed E-state index contributed by atoms with van der Waals surface area (Å²) in [6, 6.07) is 3.62. The molecule has 0 bridgehead atoms. The predicted molar refractivity (Wildman–Crippen MR) is 69.8 cm³/mol. The standard InChI is InChI=1S/C14H17F2N3/c1-19-7-6-18-14(19)3-5-17-4-2-11-8-12(15)10-13(16)9-11/h6-10,17H,2-5H2,1H3. The number of hydrogen-bond acceptors (Lipinski definition) is 2. The van der Waals surface area contributed by atoms with E-state index >= 15 is 0 Å². The van der Waals surface area contributed by atoms with Gasteiger partial charge in [-0.3, -0.25) is 0 Å². The van der Waals surface area contributed by atoms with Gasteiger partial charge in [0.1, 0.15) is 17.5 Å². The zero-order chi connectivity index (χ0) is 13.7. The van der Waals surface area contributed by atoms with Crippen molar-refractivity contribution in [2.45, 2.75) is 12.8 Å². The van der Waals surface area contributed by atoms with Crippen LogP contribution >= 0.6 is 0 Å². The molecule has 0 fully saturated rings. The summed E-state index contributed by atoms with van der Waals surface area (Å²) in [5.74, 6) is -0.0321. The molecule has 1 heterocycles. The van der Waals surface area contributed by atoms with E-state index in [1.165, 1.54) is 12.1 Å². The van der Waals surface area contributed by atoms with Crippen molar-refractivity contribution in [3.05, 3.63) is 53.6 Å². The van der Waals surface area contributed by atoms with Gasteiger partial charge < -0.3 is 9.88 Å².